The van der Waals surface area contributed by atoms with Gasteiger partial charge in [-0.05, 0) is 146 Å². The molecule has 5 aromatic heterocycles. The number of benzene rings is 7. The first kappa shape index (κ1) is 41.0. The Hall–Kier alpha value is -9.20. The van der Waals surface area contributed by atoms with Crippen molar-refractivity contribution in [3.05, 3.63) is 237 Å². The summed E-state index contributed by atoms with van der Waals surface area (Å²) in [5, 5.41) is 2.45. The highest BCUT2D eigenvalue weighted by atomic mass is 15.0. The molecule has 5 heterocycles. The fourth-order valence-corrected chi connectivity index (χ4v) is 10.5. The summed E-state index contributed by atoms with van der Waals surface area (Å²) in [6.07, 6.45) is 17.9. The average molecular weight is 898 g/mol. The van der Waals surface area contributed by atoms with Crippen LogP contribution in [-0.2, 0) is 5.41 Å². The van der Waals surface area contributed by atoms with Gasteiger partial charge in [0.1, 0.15) is 12.7 Å². The van der Waals surface area contributed by atoms with Crippen LogP contribution in [-0.4, -0.2) is 34.5 Å². The van der Waals surface area contributed by atoms with Gasteiger partial charge in [-0.2, -0.15) is 0 Å². The number of para-hydroxylation sites is 1. The molecule has 0 aliphatic heterocycles. The molecule has 0 atom stereocenters. The quantitative estimate of drug-likeness (QED) is 0.151. The lowest BCUT2D eigenvalue weighted by atomic mass is 9.82. The average Bonchev–Trinajstić information content (AvgIpc) is 3.87. The van der Waals surface area contributed by atoms with Crippen LogP contribution in [0, 0.1) is 0 Å². The summed E-state index contributed by atoms with van der Waals surface area (Å²) >= 11 is 0. The Labute approximate surface area is 405 Å². The van der Waals surface area contributed by atoms with Gasteiger partial charge in [-0.1, -0.05) is 98.8 Å². The molecule has 0 radical (unpaired) electrons. The lowest BCUT2D eigenvalue weighted by Gasteiger charge is -2.21. The minimum Gasteiger partial charge on any atom is -0.309 e. The lowest BCUT2D eigenvalue weighted by Crippen LogP contribution is -2.14. The first-order chi connectivity index (χ1) is 34.4. The van der Waals surface area contributed by atoms with E-state index in [2.05, 4.69) is 212 Å². The molecule has 0 fully saturated rings. The van der Waals surface area contributed by atoms with Gasteiger partial charge in [0.05, 0.1) is 11.0 Å². The normalized spacial score (nSPS) is 12.5. The second kappa shape index (κ2) is 16.5. The van der Waals surface area contributed by atoms with E-state index in [-0.39, 0.29) is 5.41 Å². The molecule has 0 spiro atoms. The molecular formula is C63H43N7. The maximum Gasteiger partial charge on any atom is 0.115 e. The third-order valence-corrected chi connectivity index (χ3v) is 14.1. The van der Waals surface area contributed by atoms with Gasteiger partial charge in [0.15, 0.2) is 0 Å². The molecule has 0 amide bonds. The summed E-state index contributed by atoms with van der Waals surface area (Å²) in [4.78, 5) is 26.3. The van der Waals surface area contributed by atoms with E-state index >= 15 is 0 Å². The maximum absolute atomic E-state index is 4.64. The Bertz CT molecular complexity index is 3830. The number of pyridine rings is 2. The van der Waals surface area contributed by atoms with Crippen LogP contribution in [0.2, 0.25) is 0 Å². The SMILES string of the molecule is CC1(C)c2ccccc2-c2cc3c4cc(-c5cc(-c6cccc(-c7cncc(-c8cncnc8)c7)c6)cc(-c6cccc(-c7cncc(-c8cncnc8)c7)c6)c5)ccc4n(-c4ccccc4)c3cc21. The fraction of sp³-hybridized carbons (Fsp3) is 0.0476. The van der Waals surface area contributed by atoms with Crippen molar-refractivity contribution >= 4 is 21.8 Å². The molecule has 1 aliphatic rings. The Morgan fingerprint density at radius 2 is 0.743 bits per heavy atom. The highest BCUT2D eigenvalue weighted by molar-refractivity contribution is 6.13. The molecule has 7 aromatic carbocycles. The van der Waals surface area contributed by atoms with E-state index in [1.807, 2.05) is 49.6 Å². The molecule has 0 saturated heterocycles. The van der Waals surface area contributed by atoms with Gasteiger partial charge >= 0.3 is 0 Å². The van der Waals surface area contributed by atoms with Crippen molar-refractivity contribution in [3.63, 3.8) is 0 Å². The van der Waals surface area contributed by atoms with Gasteiger partial charge in [0.25, 0.3) is 0 Å². The van der Waals surface area contributed by atoms with Gasteiger partial charge in [-0.3, -0.25) is 9.97 Å². The van der Waals surface area contributed by atoms with Gasteiger partial charge in [0, 0.05) is 105 Å². The number of aromatic nitrogens is 7. The fourth-order valence-electron chi connectivity index (χ4n) is 10.5. The second-order valence-corrected chi connectivity index (χ2v) is 18.6. The summed E-state index contributed by atoms with van der Waals surface area (Å²) in [5.74, 6) is 0. The van der Waals surface area contributed by atoms with E-state index in [1.165, 1.54) is 44.1 Å². The number of rotatable bonds is 8. The summed E-state index contributed by atoms with van der Waals surface area (Å²) in [5.41, 5.74) is 23.4. The molecule has 0 saturated carbocycles. The first-order valence-corrected chi connectivity index (χ1v) is 23.5. The van der Waals surface area contributed by atoms with Crippen molar-refractivity contribution in [3.8, 4) is 94.7 Å². The standard InChI is InChI=1S/C63H43N7/c1-63(2)59-17-7-6-16-55(59)56-28-58-57-27-44(18-19-61(57)70(62(58)29-60(56)63)54-14-4-3-5-15-54)47-23-45(40-10-8-12-42(20-40)48-25-50(32-64-30-48)52-34-66-38-67-35-52)22-46(24-47)41-11-9-13-43(21-41)49-26-51(33-65-31-49)53-36-68-39-69-37-53/h3-39H,1-2H3. The van der Waals surface area contributed by atoms with Crippen LogP contribution in [0.3, 0.4) is 0 Å². The largest absolute Gasteiger partial charge is 0.309 e. The summed E-state index contributed by atoms with van der Waals surface area (Å²) in [6, 6.07) is 60.4. The van der Waals surface area contributed by atoms with Crippen LogP contribution < -0.4 is 0 Å². The molecule has 0 bridgehead atoms. The highest BCUT2D eigenvalue weighted by Gasteiger charge is 2.36. The van der Waals surface area contributed by atoms with Crippen LogP contribution in [0.15, 0.2) is 226 Å². The zero-order chi connectivity index (χ0) is 46.8. The minimum atomic E-state index is -0.124. The molecule has 0 N–H and O–H groups in total. The van der Waals surface area contributed by atoms with Crippen molar-refractivity contribution in [1.29, 1.82) is 0 Å². The van der Waals surface area contributed by atoms with Gasteiger partial charge in [0.2, 0.25) is 0 Å². The molecule has 1 aliphatic carbocycles. The van der Waals surface area contributed by atoms with E-state index in [1.54, 1.807) is 12.7 Å². The maximum atomic E-state index is 4.64. The number of fused-ring (bicyclic) bond motifs is 6. The minimum absolute atomic E-state index is 0.124. The molecule has 7 heteroatoms. The van der Waals surface area contributed by atoms with Crippen LogP contribution in [0.25, 0.3) is 117 Å². The molecule has 7 nitrogen and oxygen atoms in total. The van der Waals surface area contributed by atoms with E-state index in [0.717, 1.165) is 83.6 Å². The zero-order valence-corrected chi connectivity index (χ0v) is 38.5. The van der Waals surface area contributed by atoms with E-state index in [4.69, 9.17) is 0 Å². The summed E-state index contributed by atoms with van der Waals surface area (Å²) in [7, 11) is 0. The zero-order valence-electron chi connectivity index (χ0n) is 38.5. The van der Waals surface area contributed by atoms with E-state index < -0.39 is 0 Å². The van der Waals surface area contributed by atoms with Crippen LogP contribution >= 0.6 is 0 Å². The Morgan fingerprint density at radius 3 is 1.31 bits per heavy atom. The van der Waals surface area contributed by atoms with Crippen molar-refractivity contribution in [2.24, 2.45) is 0 Å². The van der Waals surface area contributed by atoms with Crippen molar-refractivity contribution in [2.75, 3.05) is 0 Å². The molecule has 0 unspecified atom stereocenters. The lowest BCUT2D eigenvalue weighted by molar-refractivity contribution is 0.661. The van der Waals surface area contributed by atoms with Crippen LogP contribution in [0.4, 0.5) is 0 Å². The van der Waals surface area contributed by atoms with Gasteiger partial charge < -0.3 is 4.57 Å². The number of hydrogen-bond donors (Lipinski definition) is 0. The van der Waals surface area contributed by atoms with Crippen LogP contribution in [0.1, 0.15) is 25.0 Å². The number of hydrogen-bond acceptors (Lipinski definition) is 6. The molecular weight excluding hydrogens is 855 g/mol. The summed E-state index contributed by atoms with van der Waals surface area (Å²) < 4.78 is 2.44. The Balaban J connectivity index is 0.990. The molecule has 330 valence electrons. The third kappa shape index (κ3) is 7.06. The first-order valence-electron chi connectivity index (χ1n) is 23.5. The smallest absolute Gasteiger partial charge is 0.115 e. The summed E-state index contributed by atoms with van der Waals surface area (Å²) in [6.45, 7) is 4.71. The Kier molecular flexibility index (Phi) is 9.69. The van der Waals surface area contributed by atoms with E-state index in [9.17, 15) is 0 Å². The second-order valence-electron chi connectivity index (χ2n) is 18.6. The van der Waals surface area contributed by atoms with E-state index in [0.29, 0.717) is 0 Å². The topological polar surface area (TPSA) is 82.3 Å². The van der Waals surface area contributed by atoms with Crippen molar-refractivity contribution < 1.29 is 0 Å². The Morgan fingerprint density at radius 1 is 0.300 bits per heavy atom. The molecule has 13 rings (SSSR count). The van der Waals surface area contributed by atoms with Crippen molar-refractivity contribution in [1.82, 2.24) is 34.5 Å². The van der Waals surface area contributed by atoms with Gasteiger partial charge in [-0.15, -0.1) is 0 Å². The predicted octanol–water partition coefficient (Wildman–Crippen LogP) is 15.1. The predicted molar refractivity (Wildman–Crippen MR) is 283 cm³/mol. The molecule has 12 aromatic rings. The highest BCUT2D eigenvalue weighted by Crippen LogP contribution is 2.51. The van der Waals surface area contributed by atoms with Gasteiger partial charge in [-0.25, -0.2) is 19.9 Å². The number of nitrogens with zero attached hydrogens (tertiary/aromatic N) is 7. The third-order valence-electron chi connectivity index (χ3n) is 14.1. The van der Waals surface area contributed by atoms with Crippen molar-refractivity contribution in [2.45, 2.75) is 19.3 Å². The van der Waals surface area contributed by atoms with Crippen LogP contribution in [0.5, 0.6) is 0 Å². The monoisotopic (exact) mass is 897 g/mol. The molecule has 70 heavy (non-hydrogen) atoms.